The largest absolute Gasteiger partial charge is 0.481 e. The minimum atomic E-state index is -3.60. The predicted molar refractivity (Wildman–Crippen MR) is 551 cm³/mol. The van der Waals surface area contributed by atoms with E-state index >= 15 is 0 Å². The second kappa shape index (κ2) is 53.5. The first kappa shape index (κ1) is 116. The number of hydrogen-bond acceptors (Lipinski definition) is 36. The summed E-state index contributed by atoms with van der Waals surface area (Å²) in [6.45, 7) is 9.78. The van der Waals surface area contributed by atoms with Gasteiger partial charge in [-0.3, -0.25) is 58.7 Å². The average Bonchev–Trinajstić information content (AvgIpc) is 1.15. The topological polar surface area (TPSA) is 453 Å². The van der Waals surface area contributed by atoms with Crippen LogP contribution in [-0.4, -0.2) is 300 Å². The normalized spacial score (nSPS) is 21.2. The second-order valence-corrected chi connectivity index (χ2v) is 42.4. The van der Waals surface area contributed by atoms with Crippen LogP contribution in [0.4, 0.5) is 35.1 Å². The summed E-state index contributed by atoms with van der Waals surface area (Å²) in [6, 6.07) is 11.3. The number of carboxylic acids is 4. The van der Waals surface area contributed by atoms with Crippen LogP contribution in [0.3, 0.4) is 0 Å². The number of methoxy groups -OCH3 is 4. The monoisotopic (exact) mass is 2420 g/mol. The minimum Gasteiger partial charge on any atom is -0.481 e. The Morgan fingerprint density at radius 1 is 0.460 bits per heavy atom. The van der Waals surface area contributed by atoms with Crippen molar-refractivity contribution < 1.29 is 132 Å². The summed E-state index contributed by atoms with van der Waals surface area (Å²) >= 11 is 19.0. The maximum atomic E-state index is 14.9. The number of amidine groups is 4. The van der Waals surface area contributed by atoms with E-state index in [9.17, 15) is 78.6 Å². The van der Waals surface area contributed by atoms with Gasteiger partial charge in [-0.05, 0) is 96.0 Å². The van der Waals surface area contributed by atoms with Gasteiger partial charge in [0.05, 0.1) is 115 Å². The van der Waals surface area contributed by atoms with Gasteiger partial charge >= 0.3 is 47.8 Å². The van der Waals surface area contributed by atoms with E-state index in [1.807, 2.05) is 15.7 Å². The lowest BCUT2D eigenvalue weighted by atomic mass is 9.89. The molecule has 150 heavy (non-hydrogen) atoms. The molecule has 10 atom stereocenters. The van der Waals surface area contributed by atoms with E-state index in [1.165, 1.54) is 133 Å². The predicted octanol–water partition coefficient (Wildman–Crippen LogP) is 15.1. The van der Waals surface area contributed by atoms with Gasteiger partial charge in [0.25, 0.3) is 11.8 Å². The molecule has 8 N–H and O–H groups in total. The van der Waals surface area contributed by atoms with Crippen molar-refractivity contribution in [1.82, 2.24) is 60.8 Å². The molecule has 4 fully saturated rings. The number of aromatic nitrogens is 4. The highest BCUT2D eigenvalue weighted by Crippen LogP contribution is 2.45. The van der Waals surface area contributed by atoms with E-state index in [2.05, 4.69) is 134 Å². The van der Waals surface area contributed by atoms with Crippen LogP contribution in [-0.2, 0) is 76.3 Å². The van der Waals surface area contributed by atoms with Gasteiger partial charge < -0.3 is 79.6 Å². The molecule has 4 aromatic heterocycles. The number of halogens is 12. The zero-order valence-corrected chi connectivity index (χ0v) is 90.9. The molecule has 0 saturated carbocycles. The quantitative estimate of drug-likeness (QED) is 0.0104. The lowest BCUT2D eigenvalue weighted by Crippen LogP contribution is -2.57. The first-order valence-electron chi connectivity index (χ1n) is 46.6. The minimum absolute atomic E-state index is 0.0117. The molecule has 0 bridgehead atoms. The number of carbonyl (C=O) groups excluding carboxylic acids is 4. The maximum Gasteiger partial charge on any atom is 0.338 e. The zero-order valence-electron chi connectivity index (χ0n) is 81.3. The Kier molecular flexibility index (Phi) is 41.5. The summed E-state index contributed by atoms with van der Waals surface area (Å²) in [4.78, 5) is 141. The first-order valence-corrected chi connectivity index (χ1v) is 53.3. The molecule has 12 heterocycles. The summed E-state index contributed by atoms with van der Waals surface area (Å²) in [6.07, 6.45) is 3.37. The number of hydrogen-bond donors (Lipinski definition) is 8. The Balaban J connectivity index is 0.000000167. The highest BCUT2D eigenvalue weighted by molar-refractivity contribution is 9.11. The number of esters is 4. The van der Waals surface area contributed by atoms with E-state index < -0.39 is 144 Å². The number of aliphatic imine (C=N–C) groups is 4. The number of alkyl halides is 4. The molecule has 36 nitrogen and oxygen atoms in total. The first-order chi connectivity index (χ1) is 71.6. The van der Waals surface area contributed by atoms with Crippen LogP contribution in [0.5, 0.6) is 0 Å². The number of carboxylic acid groups (broad SMARTS) is 4. The van der Waals surface area contributed by atoms with E-state index in [4.69, 9.17) is 68.2 Å². The number of morpholine rings is 4. The van der Waals surface area contributed by atoms with Crippen LogP contribution in [0.2, 0.25) is 0 Å². The Morgan fingerprint density at radius 3 is 1.17 bits per heavy atom. The van der Waals surface area contributed by atoms with Crippen molar-refractivity contribution in [2.75, 3.05) is 127 Å². The van der Waals surface area contributed by atoms with Gasteiger partial charge in [0.2, 0.25) is 0 Å². The number of ether oxygens (including phenoxy) is 8. The third-order valence-electron chi connectivity index (χ3n) is 25.0. The second-order valence-electron chi connectivity index (χ2n) is 35.4. The Hall–Kier alpha value is -11.0. The fourth-order valence-electron chi connectivity index (χ4n) is 17.8. The van der Waals surface area contributed by atoms with Crippen LogP contribution in [0.1, 0.15) is 132 Å². The summed E-state index contributed by atoms with van der Waals surface area (Å²) < 4.78 is 158. The summed E-state index contributed by atoms with van der Waals surface area (Å²) in [7, 11) is 5.05. The van der Waals surface area contributed by atoms with Gasteiger partial charge in [0.1, 0.15) is 60.3 Å². The van der Waals surface area contributed by atoms with Crippen LogP contribution in [0.25, 0.3) is 0 Å². The van der Waals surface area contributed by atoms with Gasteiger partial charge in [0.15, 0.2) is 43.4 Å². The lowest BCUT2D eigenvalue weighted by molar-refractivity contribution is -0.162. The maximum absolute atomic E-state index is 14.9. The fourth-order valence-corrected chi connectivity index (χ4v) is 22.5. The molecule has 0 aliphatic carbocycles. The molecule has 4 saturated heterocycles. The van der Waals surface area contributed by atoms with Crippen molar-refractivity contribution in [3.05, 3.63) is 248 Å². The average molecular weight is 2430 g/mol. The van der Waals surface area contributed by atoms with Crippen molar-refractivity contribution in [2.24, 2.45) is 31.8 Å². The number of thiazole rings is 4. The Morgan fingerprint density at radius 2 is 0.820 bits per heavy atom. The van der Waals surface area contributed by atoms with Gasteiger partial charge in [-0.2, -0.15) is 0 Å². The third-order valence-corrected chi connectivity index (χ3v) is 30.9. The third kappa shape index (κ3) is 30.1. The summed E-state index contributed by atoms with van der Waals surface area (Å²) in [5, 5.41) is 58.9. The molecular formula is C98H104Br4F8N16O20S4. The number of rotatable bonds is 35. The molecule has 0 radical (unpaired) electrons. The van der Waals surface area contributed by atoms with Crippen molar-refractivity contribution in [2.45, 2.75) is 132 Å². The Bertz CT molecular complexity index is 6460. The number of nitrogens with zero attached hydrogens (tertiary/aromatic N) is 12. The van der Waals surface area contributed by atoms with Crippen LogP contribution >= 0.6 is 109 Å². The summed E-state index contributed by atoms with van der Waals surface area (Å²) in [5.74, 6) is -14.9. The van der Waals surface area contributed by atoms with Gasteiger partial charge in [-0.15, -0.1) is 45.3 Å². The molecule has 0 amide bonds. The number of benzene rings is 4. The molecule has 2 unspecified atom stereocenters. The van der Waals surface area contributed by atoms with Crippen LogP contribution in [0.15, 0.2) is 202 Å². The molecule has 8 aromatic rings. The number of carbonyl (C=O) groups is 8. The van der Waals surface area contributed by atoms with Crippen molar-refractivity contribution in [3.63, 3.8) is 0 Å². The van der Waals surface area contributed by atoms with E-state index in [1.54, 1.807) is 60.7 Å². The molecule has 16 rings (SSSR count). The fraction of sp³-hybridized carbons (Fsp3) is 0.429. The van der Waals surface area contributed by atoms with Gasteiger partial charge in [-0.25, -0.2) is 74.2 Å². The highest BCUT2D eigenvalue weighted by atomic mass is 79.9. The SMILES string of the molecule is COC(=O)C1=C(CN2CCOCC2C(F)(F)CC(=O)O)NC(c2nccs2)=N[C@H]1c1ccc(F)cc1Br.COC(=O)C1=C(CN2CCOC[C@H]2CCC(=O)O)NC(c2nccs2)=N[C@H]1c1ccc(F)cc1Br.COC(=O)C1=C(CN2CCO[C@H](C(C)C)[C@H]2CC(C)C(=O)O)NC(c2nccs2)=N[C@H]1c1ccc(F)cc1Br.COC(=O)C1=C(CN2CCO[C@H](CCC(F)(F)CC(=O)O)C2)NC(c2nccs2)=N[C@H]1c1ccc(F)cc1Br. The molecule has 4 aromatic carbocycles. The van der Waals surface area contributed by atoms with Crippen molar-refractivity contribution >= 4 is 180 Å². The Labute approximate surface area is 904 Å². The molecule has 8 aliphatic rings. The zero-order chi connectivity index (χ0) is 108. The van der Waals surface area contributed by atoms with Crippen LogP contribution < -0.4 is 21.3 Å². The van der Waals surface area contributed by atoms with Gasteiger partial charge in [0, 0.05) is 171 Å². The van der Waals surface area contributed by atoms with E-state index in [-0.39, 0.29) is 99.8 Å². The van der Waals surface area contributed by atoms with Crippen molar-refractivity contribution in [3.8, 4) is 0 Å². The van der Waals surface area contributed by atoms with E-state index in [0.717, 1.165) is 0 Å². The molecule has 8 aliphatic heterocycles. The van der Waals surface area contributed by atoms with E-state index in [0.29, 0.717) is 177 Å². The number of nitrogens with one attached hydrogen (secondary N) is 4. The molecule has 804 valence electrons. The molecular weight excluding hydrogens is 2320 g/mol. The molecule has 52 heteroatoms. The summed E-state index contributed by atoms with van der Waals surface area (Å²) in [5.41, 5.74) is 4.91. The van der Waals surface area contributed by atoms with Crippen LogP contribution in [0, 0.1) is 35.1 Å². The van der Waals surface area contributed by atoms with Crippen molar-refractivity contribution in [1.29, 1.82) is 0 Å². The smallest absolute Gasteiger partial charge is 0.338 e. The lowest BCUT2D eigenvalue weighted by Gasteiger charge is -2.44. The number of aliphatic carboxylic acids is 4. The highest BCUT2D eigenvalue weighted by Gasteiger charge is 2.49. The standard InChI is InChI=1S/C27H32BrFN4O5S.C25H26BrF3N4O5S.C23H22BrF3N4O5S.C23H24BrFN4O5S/c1-14(2)23-20(11-15(3)26(34)35)33(8-9-38-23)13-19-21(27(36)37-4)22(17-6-5-16(29)12-18(17)28)32-24(31-19)25-30-7-10-39-25;1-37-24(36)20-18(13-33-7-8-38-15(12-33)4-5-25(28,29)11-19(34)35)31-22(23-30-6-9-39-23)32-21(20)16-3-2-14(27)10-17(16)26;1-35-22(34)18-15(10-31-5-6-36-11-16(31)23(26,27)9-17(32)33)29-20(21-28-4-7-37-21)30-19(18)13-3-2-12(25)8-14(13)24;1-33-23(32)19-17(11-29-7-8-34-12-14(29)3-5-18(30)31)27-21(22-26-6-9-35-22)28-20(19)15-4-2-13(25)10-16(15)24/h5-7,10,12,14-15,20,22-23H,8-9,11,13H2,1-4H3,(H,31,32)(H,34,35);2-3,6,9-10,15,21H,4-5,7-8,11-13H2,1H3,(H,31,32)(H,34,35);2-4,7-8,16,19H,5-6,9-11H2,1H3,(H,29,30)(H,32,33);2,4,6,9-10,14,20H,3,5,7-8,11-12H2,1H3,(H,27,28)(H,30,31)/t15?,20-,22+,23-;15-,21+;16?,19-;14-,20+/m1101/s1. The molecule has 0 spiro atoms. The van der Waals surface area contributed by atoms with Gasteiger partial charge in [-0.1, -0.05) is 109 Å².